The molecule has 0 bridgehead atoms. The predicted molar refractivity (Wildman–Crippen MR) is 68.9 cm³/mol. The minimum Gasteiger partial charge on any atom is -0.378 e. The summed E-state index contributed by atoms with van der Waals surface area (Å²) in [4.78, 5) is 11.4. The fraction of sp³-hybridized carbons (Fsp3) is 0.769. The molecule has 0 saturated carbocycles. The summed E-state index contributed by atoms with van der Waals surface area (Å²) in [6.07, 6.45) is 4.91. The van der Waals surface area contributed by atoms with E-state index in [1.807, 2.05) is 19.9 Å². The SMILES string of the molecule is CC(C)=CCNC(=O)CCOC1CCNCC1. The summed E-state index contributed by atoms with van der Waals surface area (Å²) in [5.41, 5.74) is 1.22. The van der Waals surface area contributed by atoms with Crippen LogP contribution in [-0.4, -0.2) is 38.3 Å². The maximum atomic E-state index is 11.4. The number of ether oxygens (including phenoxy) is 1. The molecule has 1 aliphatic heterocycles. The summed E-state index contributed by atoms with van der Waals surface area (Å²) in [6, 6.07) is 0. The van der Waals surface area contributed by atoms with Gasteiger partial charge in [0.15, 0.2) is 0 Å². The van der Waals surface area contributed by atoms with Gasteiger partial charge in [0.1, 0.15) is 0 Å². The number of allylic oxidation sites excluding steroid dienone is 1. The van der Waals surface area contributed by atoms with E-state index in [1.165, 1.54) is 5.57 Å². The quantitative estimate of drug-likeness (QED) is 0.687. The topological polar surface area (TPSA) is 50.4 Å². The van der Waals surface area contributed by atoms with E-state index in [0.717, 1.165) is 25.9 Å². The summed E-state index contributed by atoms with van der Waals surface area (Å²) < 4.78 is 5.66. The van der Waals surface area contributed by atoms with Crippen LogP contribution in [0.1, 0.15) is 33.1 Å². The van der Waals surface area contributed by atoms with Gasteiger partial charge in [-0.05, 0) is 39.8 Å². The van der Waals surface area contributed by atoms with E-state index in [-0.39, 0.29) is 5.91 Å². The molecule has 1 aliphatic rings. The lowest BCUT2D eigenvalue weighted by molar-refractivity contribution is -0.122. The van der Waals surface area contributed by atoms with Gasteiger partial charge in [-0.3, -0.25) is 4.79 Å². The average Bonchev–Trinajstić information content (AvgIpc) is 2.30. The first-order valence-electron chi connectivity index (χ1n) is 6.41. The summed E-state index contributed by atoms with van der Waals surface area (Å²) in [6.45, 7) is 7.24. The highest BCUT2D eigenvalue weighted by Gasteiger charge is 2.13. The van der Waals surface area contributed by atoms with Crippen molar-refractivity contribution in [3.8, 4) is 0 Å². The van der Waals surface area contributed by atoms with Crippen LogP contribution in [0.4, 0.5) is 0 Å². The van der Waals surface area contributed by atoms with E-state index in [2.05, 4.69) is 10.6 Å². The van der Waals surface area contributed by atoms with Crippen LogP contribution in [0, 0.1) is 0 Å². The van der Waals surface area contributed by atoms with Crippen LogP contribution in [0.25, 0.3) is 0 Å². The molecule has 0 radical (unpaired) electrons. The smallest absolute Gasteiger partial charge is 0.222 e. The Hall–Kier alpha value is -0.870. The third-order valence-corrected chi connectivity index (χ3v) is 2.78. The summed E-state index contributed by atoms with van der Waals surface area (Å²) in [5, 5.41) is 6.13. The molecule has 1 heterocycles. The Morgan fingerprint density at radius 3 is 2.76 bits per heavy atom. The first kappa shape index (κ1) is 14.2. The van der Waals surface area contributed by atoms with Crippen molar-refractivity contribution in [3.05, 3.63) is 11.6 Å². The lowest BCUT2D eigenvalue weighted by atomic mass is 10.1. The van der Waals surface area contributed by atoms with Gasteiger partial charge in [-0.2, -0.15) is 0 Å². The number of carbonyl (C=O) groups excluding carboxylic acids is 1. The second-order valence-corrected chi connectivity index (χ2v) is 4.66. The monoisotopic (exact) mass is 240 g/mol. The van der Waals surface area contributed by atoms with Crippen LogP contribution < -0.4 is 10.6 Å². The van der Waals surface area contributed by atoms with Crippen LogP contribution in [-0.2, 0) is 9.53 Å². The van der Waals surface area contributed by atoms with Crippen molar-refractivity contribution in [2.24, 2.45) is 0 Å². The summed E-state index contributed by atoms with van der Waals surface area (Å²) in [5.74, 6) is 0.0661. The van der Waals surface area contributed by atoms with E-state index < -0.39 is 0 Å². The van der Waals surface area contributed by atoms with Crippen LogP contribution in [0.15, 0.2) is 11.6 Å². The molecule has 0 aromatic rings. The van der Waals surface area contributed by atoms with Gasteiger partial charge >= 0.3 is 0 Å². The second kappa shape index (κ2) is 8.25. The maximum Gasteiger partial charge on any atom is 0.222 e. The maximum absolute atomic E-state index is 11.4. The molecule has 98 valence electrons. The number of nitrogens with one attached hydrogen (secondary N) is 2. The fourth-order valence-corrected chi connectivity index (χ4v) is 1.74. The lowest BCUT2D eigenvalue weighted by Gasteiger charge is -2.22. The molecule has 0 atom stereocenters. The number of hydrogen-bond acceptors (Lipinski definition) is 3. The van der Waals surface area contributed by atoms with E-state index in [0.29, 0.717) is 25.7 Å². The Morgan fingerprint density at radius 2 is 2.12 bits per heavy atom. The number of amides is 1. The Bertz CT molecular complexity index is 254. The molecule has 0 aromatic carbocycles. The standard InChI is InChI=1S/C13H24N2O2/c1-11(2)3-9-15-13(16)6-10-17-12-4-7-14-8-5-12/h3,12,14H,4-10H2,1-2H3,(H,15,16). The third-order valence-electron chi connectivity index (χ3n) is 2.78. The van der Waals surface area contributed by atoms with Crippen molar-refractivity contribution in [3.63, 3.8) is 0 Å². The first-order valence-corrected chi connectivity index (χ1v) is 6.41. The van der Waals surface area contributed by atoms with E-state index in [4.69, 9.17) is 4.74 Å². The molecule has 1 saturated heterocycles. The van der Waals surface area contributed by atoms with Gasteiger partial charge in [-0.25, -0.2) is 0 Å². The molecule has 0 aromatic heterocycles. The molecule has 1 fully saturated rings. The zero-order valence-corrected chi connectivity index (χ0v) is 10.9. The minimum absolute atomic E-state index is 0.0661. The van der Waals surface area contributed by atoms with Crippen LogP contribution in [0.5, 0.6) is 0 Å². The molecule has 17 heavy (non-hydrogen) atoms. The fourth-order valence-electron chi connectivity index (χ4n) is 1.74. The number of rotatable bonds is 6. The highest BCUT2D eigenvalue weighted by atomic mass is 16.5. The zero-order valence-electron chi connectivity index (χ0n) is 10.9. The van der Waals surface area contributed by atoms with Gasteiger partial charge in [0, 0.05) is 13.0 Å². The Labute approximate surface area is 104 Å². The molecule has 0 unspecified atom stereocenters. The molecule has 2 N–H and O–H groups in total. The van der Waals surface area contributed by atoms with Crippen LogP contribution in [0.3, 0.4) is 0 Å². The van der Waals surface area contributed by atoms with Gasteiger partial charge in [0.2, 0.25) is 5.91 Å². The molecule has 4 heteroatoms. The van der Waals surface area contributed by atoms with Gasteiger partial charge < -0.3 is 15.4 Å². The third kappa shape index (κ3) is 7.13. The van der Waals surface area contributed by atoms with Crippen molar-refractivity contribution in [1.29, 1.82) is 0 Å². The van der Waals surface area contributed by atoms with Crippen LogP contribution >= 0.6 is 0 Å². The van der Waals surface area contributed by atoms with E-state index in [1.54, 1.807) is 0 Å². The predicted octanol–water partition coefficient (Wildman–Crippen LogP) is 1.23. The number of piperidine rings is 1. The van der Waals surface area contributed by atoms with Gasteiger partial charge in [-0.1, -0.05) is 11.6 Å². The number of carbonyl (C=O) groups is 1. The molecular formula is C13H24N2O2. The van der Waals surface area contributed by atoms with Gasteiger partial charge in [-0.15, -0.1) is 0 Å². The van der Waals surface area contributed by atoms with E-state index in [9.17, 15) is 4.79 Å². The van der Waals surface area contributed by atoms with Crippen molar-refractivity contribution in [2.45, 2.75) is 39.2 Å². The molecule has 4 nitrogen and oxygen atoms in total. The lowest BCUT2D eigenvalue weighted by Crippen LogP contribution is -2.33. The minimum atomic E-state index is 0.0661. The highest BCUT2D eigenvalue weighted by Crippen LogP contribution is 2.07. The largest absolute Gasteiger partial charge is 0.378 e. The first-order chi connectivity index (χ1) is 8.18. The van der Waals surface area contributed by atoms with Crippen LogP contribution in [0.2, 0.25) is 0 Å². The van der Waals surface area contributed by atoms with Gasteiger partial charge in [0.25, 0.3) is 0 Å². The van der Waals surface area contributed by atoms with Gasteiger partial charge in [0.05, 0.1) is 12.7 Å². The summed E-state index contributed by atoms with van der Waals surface area (Å²) in [7, 11) is 0. The van der Waals surface area contributed by atoms with Crippen molar-refractivity contribution in [2.75, 3.05) is 26.2 Å². The molecular weight excluding hydrogens is 216 g/mol. The highest BCUT2D eigenvalue weighted by molar-refractivity contribution is 5.76. The Balaban J connectivity index is 2.01. The molecule has 0 spiro atoms. The normalized spacial score (nSPS) is 16.6. The molecule has 1 rings (SSSR count). The average molecular weight is 240 g/mol. The van der Waals surface area contributed by atoms with Crippen molar-refractivity contribution in [1.82, 2.24) is 10.6 Å². The molecule has 0 aliphatic carbocycles. The van der Waals surface area contributed by atoms with Crippen molar-refractivity contribution < 1.29 is 9.53 Å². The molecule has 1 amide bonds. The second-order valence-electron chi connectivity index (χ2n) is 4.66. The van der Waals surface area contributed by atoms with E-state index >= 15 is 0 Å². The Kier molecular flexibility index (Phi) is 6.89. The summed E-state index contributed by atoms with van der Waals surface area (Å²) >= 11 is 0. The zero-order chi connectivity index (χ0) is 12.5. The van der Waals surface area contributed by atoms with Crippen molar-refractivity contribution >= 4 is 5.91 Å². The number of hydrogen-bond donors (Lipinski definition) is 2. The Morgan fingerprint density at radius 1 is 1.41 bits per heavy atom.